The van der Waals surface area contributed by atoms with Gasteiger partial charge in [0.2, 0.25) is 5.91 Å². The number of hydrogen-bond acceptors (Lipinski definition) is 2. The van der Waals surface area contributed by atoms with Crippen LogP contribution in [-0.2, 0) is 11.3 Å². The van der Waals surface area contributed by atoms with Crippen molar-refractivity contribution in [2.24, 2.45) is 5.92 Å². The zero-order valence-electron chi connectivity index (χ0n) is 11.5. The van der Waals surface area contributed by atoms with Gasteiger partial charge in [-0.05, 0) is 36.6 Å². The lowest BCUT2D eigenvalue weighted by atomic mass is 10.2. The summed E-state index contributed by atoms with van der Waals surface area (Å²) in [5, 5.41) is 7.30. The first-order chi connectivity index (χ1) is 8.90. The topological polar surface area (TPSA) is 41.1 Å². The van der Waals surface area contributed by atoms with Crippen molar-refractivity contribution in [3.63, 3.8) is 0 Å². The largest absolute Gasteiger partial charge is 0.354 e. The van der Waals surface area contributed by atoms with Crippen LogP contribution in [-0.4, -0.2) is 18.5 Å². The van der Waals surface area contributed by atoms with Crippen molar-refractivity contribution in [2.45, 2.75) is 33.4 Å². The molecule has 0 aliphatic rings. The second-order valence-corrected chi connectivity index (χ2v) is 5.82. The summed E-state index contributed by atoms with van der Waals surface area (Å²) in [5.41, 5.74) is 0.887. The Balaban J connectivity index is 2.47. The van der Waals surface area contributed by atoms with Gasteiger partial charge in [0.05, 0.1) is 6.04 Å². The number of rotatable bonds is 6. The van der Waals surface area contributed by atoms with Gasteiger partial charge in [0.25, 0.3) is 0 Å². The molecule has 0 radical (unpaired) electrons. The van der Waals surface area contributed by atoms with E-state index in [1.807, 2.05) is 6.92 Å². The lowest BCUT2D eigenvalue weighted by Gasteiger charge is -2.15. The van der Waals surface area contributed by atoms with Crippen LogP contribution in [0.1, 0.15) is 26.3 Å². The number of hydrogen-bond donors (Lipinski definition) is 2. The average Bonchev–Trinajstić information content (AvgIpc) is 2.36. The van der Waals surface area contributed by atoms with Crippen LogP contribution >= 0.6 is 23.2 Å². The van der Waals surface area contributed by atoms with Gasteiger partial charge in [-0.25, -0.2) is 0 Å². The molecule has 0 spiro atoms. The number of amides is 1. The SMILES string of the molecule is CC(C)CNC(=O)C(C)NCc1cc(Cl)ccc1Cl. The maximum Gasteiger partial charge on any atom is 0.236 e. The molecule has 1 aromatic carbocycles. The minimum absolute atomic E-state index is 0.00755. The summed E-state index contributed by atoms with van der Waals surface area (Å²) in [6.07, 6.45) is 0. The van der Waals surface area contributed by atoms with Crippen LogP contribution in [0.25, 0.3) is 0 Å². The van der Waals surface area contributed by atoms with Gasteiger partial charge in [0.1, 0.15) is 0 Å². The first-order valence-corrected chi connectivity index (χ1v) is 7.10. The monoisotopic (exact) mass is 302 g/mol. The van der Waals surface area contributed by atoms with E-state index in [4.69, 9.17) is 23.2 Å². The average molecular weight is 303 g/mol. The van der Waals surface area contributed by atoms with E-state index in [-0.39, 0.29) is 11.9 Å². The highest BCUT2D eigenvalue weighted by Crippen LogP contribution is 2.20. The summed E-state index contributed by atoms with van der Waals surface area (Å²) in [6, 6.07) is 5.03. The molecule has 0 saturated carbocycles. The number of nitrogens with one attached hydrogen (secondary N) is 2. The molecule has 1 amide bonds. The van der Waals surface area contributed by atoms with E-state index in [1.165, 1.54) is 0 Å². The Labute approximate surface area is 124 Å². The maximum absolute atomic E-state index is 11.8. The molecule has 0 bridgehead atoms. The summed E-state index contributed by atoms with van der Waals surface area (Å²) in [6.45, 7) is 7.14. The third-order valence-corrected chi connectivity index (χ3v) is 3.29. The van der Waals surface area contributed by atoms with Crippen molar-refractivity contribution < 1.29 is 4.79 Å². The predicted octanol–water partition coefficient (Wildman–Crippen LogP) is 3.24. The van der Waals surface area contributed by atoms with Crippen LogP contribution in [0, 0.1) is 5.92 Å². The zero-order valence-corrected chi connectivity index (χ0v) is 13.0. The molecule has 106 valence electrons. The molecular weight excluding hydrogens is 283 g/mol. The number of halogens is 2. The number of carbonyl (C=O) groups excluding carboxylic acids is 1. The van der Waals surface area contributed by atoms with Gasteiger partial charge in [-0.3, -0.25) is 4.79 Å². The van der Waals surface area contributed by atoms with E-state index >= 15 is 0 Å². The zero-order chi connectivity index (χ0) is 14.4. The second-order valence-electron chi connectivity index (χ2n) is 4.98. The van der Waals surface area contributed by atoms with E-state index in [0.29, 0.717) is 29.1 Å². The molecule has 1 atom stereocenters. The summed E-state index contributed by atoms with van der Waals surface area (Å²) >= 11 is 12.0. The van der Waals surface area contributed by atoms with Crippen LogP contribution in [0.4, 0.5) is 0 Å². The van der Waals surface area contributed by atoms with Gasteiger partial charge in [-0.15, -0.1) is 0 Å². The molecule has 1 unspecified atom stereocenters. The highest BCUT2D eigenvalue weighted by Gasteiger charge is 2.12. The molecule has 1 rings (SSSR count). The molecule has 5 heteroatoms. The summed E-state index contributed by atoms with van der Waals surface area (Å²) in [4.78, 5) is 11.8. The quantitative estimate of drug-likeness (QED) is 0.847. The smallest absolute Gasteiger partial charge is 0.236 e. The molecule has 0 heterocycles. The lowest BCUT2D eigenvalue weighted by Crippen LogP contribution is -2.43. The van der Waals surface area contributed by atoms with Crippen molar-refractivity contribution in [2.75, 3.05) is 6.54 Å². The van der Waals surface area contributed by atoms with Gasteiger partial charge in [0, 0.05) is 23.1 Å². The van der Waals surface area contributed by atoms with Gasteiger partial charge >= 0.3 is 0 Å². The summed E-state index contributed by atoms with van der Waals surface area (Å²) < 4.78 is 0. The fourth-order valence-corrected chi connectivity index (χ4v) is 1.87. The minimum Gasteiger partial charge on any atom is -0.354 e. The van der Waals surface area contributed by atoms with E-state index in [1.54, 1.807) is 18.2 Å². The first kappa shape index (κ1) is 16.3. The predicted molar refractivity (Wildman–Crippen MR) is 80.6 cm³/mol. The molecule has 1 aromatic rings. The highest BCUT2D eigenvalue weighted by molar-refractivity contribution is 6.33. The van der Waals surface area contributed by atoms with Crippen LogP contribution in [0.5, 0.6) is 0 Å². The van der Waals surface area contributed by atoms with Crippen molar-refractivity contribution >= 4 is 29.1 Å². The van der Waals surface area contributed by atoms with Gasteiger partial charge < -0.3 is 10.6 Å². The Morgan fingerprint density at radius 1 is 1.26 bits per heavy atom. The van der Waals surface area contributed by atoms with Crippen molar-refractivity contribution in [3.05, 3.63) is 33.8 Å². The van der Waals surface area contributed by atoms with Gasteiger partial charge in [-0.2, -0.15) is 0 Å². The Bertz CT molecular complexity index is 435. The molecular formula is C14H20Cl2N2O. The fraction of sp³-hybridized carbons (Fsp3) is 0.500. The van der Waals surface area contributed by atoms with Crippen molar-refractivity contribution in [3.8, 4) is 0 Å². The van der Waals surface area contributed by atoms with E-state index in [2.05, 4.69) is 24.5 Å². The molecule has 0 saturated heterocycles. The van der Waals surface area contributed by atoms with E-state index < -0.39 is 0 Å². The summed E-state index contributed by atoms with van der Waals surface area (Å²) in [5.74, 6) is 0.436. The molecule has 19 heavy (non-hydrogen) atoms. The number of benzene rings is 1. The minimum atomic E-state index is -0.270. The molecule has 2 N–H and O–H groups in total. The lowest BCUT2D eigenvalue weighted by molar-refractivity contribution is -0.122. The normalized spacial score (nSPS) is 12.5. The molecule has 0 aliphatic carbocycles. The first-order valence-electron chi connectivity index (χ1n) is 6.35. The van der Waals surface area contributed by atoms with Crippen molar-refractivity contribution in [1.29, 1.82) is 0 Å². The Morgan fingerprint density at radius 2 is 1.95 bits per heavy atom. The number of carbonyl (C=O) groups is 1. The Kier molecular flexibility index (Phi) is 6.63. The molecule has 0 aliphatic heterocycles. The standard InChI is InChI=1S/C14H20Cl2N2O/c1-9(2)7-18-14(19)10(3)17-8-11-6-12(15)4-5-13(11)16/h4-6,9-10,17H,7-8H2,1-3H3,(H,18,19). The van der Waals surface area contributed by atoms with Crippen LogP contribution in [0.3, 0.4) is 0 Å². The summed E-state index contributed by atoms with van der Waals surface area (Å²) in [7, 11) is 0. The van der Waals surface area contributed by atoms with Crippen LogP contribution < -0.4 is 10.6 Å². The molecule has 3 nitrogen and oxygen atoms in total. The highest BCUT2D eigenvalue weighted by atomic mass is 35.5. The van der Waals surface area contributed by atoms with E-state index in [0.717, 1.165) is 5.56 Å². The Morgan fingerprint density at radius 3 is 2.58 bits per heavy atom. The maximum atomic E-state index is 11.8. The third kappa shape index (κ3) is 5.81. The van der Waals surface area contributed by atoms with Crippen molar-refractivity contribution in [1.82, 2.24) is 10.6 Å². The fourth-order valence-electron chi connectivity index (χ4n) is 1.49. The Hall–Kier alpha value is -0.770. The van der Waals surface area contributed by atoms with Crippen LogP contribution in [0.2, 0.25) is 10.0 Å². The van der Waals surface area contributed by atoms with Gasteiger partial charge in [-0.1, -0.05) is 37.0 Å². The molecule has 0 aromatic heterocycles. The van der Waals surface area contributed by atoms with E-state index in [9.17, 15) is 4.79 Å². The van der Waals surface area contributed by atoms with Gasteiger partial charge in [0.15, 0.2) is 0 Å². The second kappa shape index (κ2) is 7.73. The third-order valence-electron chi connectivity index (χ3n) is 2.68. The van der Waals surface area contributed by atoms with Crippen LogP contribution in [0.15, 0.2) is 18.2 Å². The molecule has 0 fully saturated rings.